The molecule has 0 saturated heterocycles. The van der Waals surface area contributed by atoms with Crippen LogP contribution in [0.1, 0.15) is 22.7 Å². The maximum absolute atomic E-state index is 14.2. The van der Waals surface area contributed by atoms with Crippen LogP contribution in [0.2, 0.25) is 0 Å². The number of rotatable bonds is 10. The molecule has 5 aromatic rings. The van der Waals surface area contributed by atoms with Gasteiger partial charge in [0.05, 0.1) is 12.6 Å². The van der Waals surface area contributed by atoms with Crippen LogP contribution in [-0.4, -0.2) is 52.9 Å². The van der Waals surface area contributed by atoms with Crippen LogP contribution < -0.4 is 15.0 Å². The predicted octanol–water partition coefficient (Wildman–Crippen LogP) is 5.22. The lowest BCUT2D eigenvalue weighted by Crippen LogP contribution is -2.42. The minimum atomic E-state index is -0.962. The summed E-state index contributed by atoms with van der Waals surface area (Å²) in [6.45, 7) is 2.13. The second kappa shape index (κ2) is 12.6. The summed E-state index contributed by atoms with van der Waals surface area (Å²) in [5.41, 5.74) is 5.65. The number of benzene rings is 4. The van der Waals surface area contributed by atoms with Gasteiger partial charge in [-0.25, -0.2) is 4.68 Å². The highest BCUT2D eigenvalue weighted by Crippen LogP contribution is 2.29. The first-order chi connectivity index (χ1) is 20.3. The van der Waals surface area contributed by atoms with Crippen molar-refractivity contribution in [2.24, 2.45) is 0 Å². The molecule has 0 fully saturated rings. The lowest BCUT2D eigenvalue weighted by molar-refractivity contribution is -0.140. The van der Waals surface area contributed by atoms with Gasteiger partial charge in [-0.05, 0) is 72.1 Å². The standard InChI is InChI=1S/C33H34N6O3/c1-23-10-5-6-11-25(23)21-38(31(40)22-39-30-15-8-7-14-29(30)35-36-39)32(24-12-9-13-28(20-24)42-4)33(41)34-26-16-18-27(19-17-26)37(2)3/h5-20,32H,21-22H2,1-4H3,(H,34,41). The van der Waals surface area contributed by atoms with Crippen molar-refractivity contribution in [2.45, 2.75) is 26.1 Å². The van der Waals surface area contributed by atoms with Gasteiger partial charge in [0.1, 0.15) is 23.9 Å². The van der Waals surface area contributed by atoms with Crippen molar-refractivity contribution in [1.82, 2.24) is 19.9 Å². The van der Waals surface area contributed by atoms with Crippen molar-refractivity contribution < 1.29 is 14.3 Å². The van der Waals surface area contributed by atoms with Crippen molar-refractivity contribution in [3.63, 3.8) is 0 Å². The number of carbonyl (C=O) groups excluding carboxylic acids is 2. The van der Waals surface area contributed by atoms with Gasteiger partial charge in [-0.2, -0.15) is 0 Å². The summed E-state index contributed by atoms with van der Waals surface area (Å²) in [7, 11) is 5.49. The number of aryl methyl sites for hydroxylation is 1. The third-order valence-electron chi connectivity index (χ3n) is 7.25. The van der Waals surface area contributed by atoms with Crippen molar-refractivity contribution in [1.29, 1.82) is 0 Å². The van der Waals surface area contributed by atoms with Crippen LogP contribution in [0.4, 0.5) is 11.4 Å². The van der Waals surface area contributed by atoms with Gasteiger partial charge in [-0.15, -0.1) is 5.10 Å². The van der Waals surface area contributed by atoms with Crippen LogP contribution in [0.15, 0.2) is 97.1 Å². The van der Waals surface area contributed by atoms with Crippen molar-refractivity contribution in [2.75, 3.05) is 31.4 Å². The van der Waals surface area contributed by atoms with Crippen molar-refractivity contribution >= 4 is 34.2 Å². The average Bonchev–Trinajstić information content (AvgIpc) is 3.40. The number of anilines is 2. The number of nitrogens with zero attached hydrogens (tertiary/aromatic N) is 5. The van der Waals surface area contributed by atoms with Gasteiger partial charge >= 0.3 is 0 Å². The molecule has 1 heterocycles. The highest BCUT2D eigenvalue weighted by molar-refractivity contribution is 5.98. The second-order valence-electron chi connectivity index (χ2n) is 10.3. The molecule has 0 bridgehead atoms. The third-order valence-corrected chi connectivity index (χ3v) is 7.25. The van der Waals surface area contributed by atoms with E-state index >= 15 is 0 Å². The van der Waals surface area contributed by atoms with Crippen LogP contribution in [0, 0.1) is 6.92 Å². The molecule has 9 heteroatoms. The van der Waals surface area contributed by atoms with E-state index in [0.717, 1.165) is 22.3 Å². The SMILES string of the molecule is COc1cccc(C(C(=O)Nc2ccc(N(C)C)cc2)N(Cc2ccccc2C)C(=O)Cn2nnc3ccccc32)c1. The van der Waals surface area contributed by atoms with Crippen LogP contribution >= 0.6 is 0 Å². The average molecular weight is 563 g/mol. The molecule has 5 rings (SSSR count). The molecule has 9 nitrogen and oxygen atoms in total. The molecule has 4 aromatic carbocycles. The van der Waals surface area contributed by atoms with E-state index in [9.17, 15) is 9.59 Å². The van der Waals surface area contributed by atoms with E-state index in [1.807, 2.05) is 117 Å². The number of ether oxygens (including phenoxy) is 1. The summed E-state index contributed by atoms with van der Waals surface area (Å²) in [5, 5.41) is 11.5. The van der Waals surface area contributed by atoms with E-state index in [1.54, 1.807) is 22.8 Å². The second-order valence-corrected chi connectivity index (χ2v) is 10.3. The molecule has 0 aliphatic heterocycles. The Bertz CT molecular complexity index is 1700. The Kier molecular flexibility index (Phi) is 8.47. The molecule has 0 radical (unpaired) electrons. The Morgan fingerprint density at radius 3 is 2.40 bits per heavy atom. The number of nitrogens with one attached hydrogen (secondary N) is 1. The molecular formula is C33H34N6O3. The number of methoxy groups -OCH3 is 1. The highest BCUT2D eigenvalue weighted by atomic mass is 16.5. The van der Waals surface area contributed by atoms with Gasteiger partial charge in [0, 0.05) is 32.0 Å². The summed E-state index contributed by atoms with van der Waals surface area (Å²) < 4.78 is 7.06. The highest BCUT2D eigenvalue weighted by Gasteiger charge is 2.33. The van der Waals surface area contributed by atoms with Gasteiger partial charge < -0.3 is 19.9 Å². The van der Waals surface area contributed by atoms with Gasteiger partial charge in [0.25, 0.3) is 5.91 Å². The monoisotopic (exact) mass is 562 g/mol. The lowest BCUT2D eigenvalue weighted by atomic mass is 10.0. The molecule has 42 heavy (non-hydrogen) atoms. The number of hydrogen-bond acceptors (Lipinski definition) is 6. The van der Waals surface area contributed by atoms with Crippen LogP contribution in [0.3, 0.4) is 0 Å². The number of hydrogen-bond donors (Lipinski definition) is 1. The first-order valence-electron chi connectivity index (χ1n) is 13.7. The molecule has 0 spiro atoms. The third kappa shape index (κ3) is 6.25. The fourth-order valence-corrected chi connectivity index (χ4v) is 4.89. The molecule has 0 saturated carbocycles. The Morgan fingerprint density at radius 1 is 0.929 bits per heavy atom. The van der Waals surface area contributed by atoms with Gasteiger partial charge in [0.15, 0.2) is 0 Å². The summed E-state index contributed by atoms with van der Waals surface area (Å²) >= 11 is 0. The Labute approximate surface area is 245 Å². The summed E-state index contributed by atoms with van der Waals surface area (Å²) in [5.74, 6) is -0.0303. The zero-order chi connectivity index (χ0) is 29.6. The first kappa shape index (κ1) is 28.4. The van der Waals surface area contributed by atoms with Gasteiger partial charge in [0.2, 0.25) is 5.91 Å². The quantitative estimate of drug-likeness (QED) is 0.251. The number of para-hydroxylation sites is 1. The molecule has 1 N–H and O–H groups in total. The van der Waals surface area contributed by atoms with Crippen LogP contribution in [0.5, 0.6) is 5.75 Å². The zero-order valence-electron chi connectivity index (χ0n) is 24.2. The van der Waals surface area contributed by atoms with E-state index in [0.29, 0.717) is 22.5 Å². The lowest BCUT2D eigenvalue weighted by Gasteiger charge is -2.32. The van der Waals surface area contributed by atoms with Gasteiger partial charge in [-0.1, -0.05) is 53.7 Å². The van der Waals surface area contributed by atoms with Crippen LogP contribution in [0.25, 0.3) is 11.0 Å². The molecule has 214 valence electrons. The van der Waals surface area contributed by atoms with E-state index in [1.165, 1.54) is 0 Å². The molecule has 0 aliphatic rings. The Balaban J connectivity index is 1.56. The molecule has 2 amide bonds. The van der Waals surface area contributed by atoms with Crippen molar-refractivity contribution in [3.05, 3.63) is 114 Å². The summed E-state index contributed by atoms with van der Waals surface area (Å²) in [6, 6.07) is 29.2. The maximum Gasteiger partial charge on any atom is 0.251 e. The van der Waals surface area contributed by atoms with E-state index in [4.69, 9.17) is 4.74 Å². The first-order valence-corrected chi connectivity index (χ1v) is 13.7. The smallest absolute Gasteiger partial charge is 0.251 e. The molecule has 0 aliphatic carbocycles. The Hall–Kier alpha value is -5.18. The van der Waals surface area contributed by atoms with E-state index in [-0.39, 0.29) is 24.9 Å². The molecule has 1 unspecified atom stereocenters. The molecular weight excluding hydrogens is 528 g/mol. The van der Waals surface area contributed by atoms with Gasteiger partial charge in [-0.3, -0.25) is 9.59 Å². The molecule has 1 atom stereocenters. The van der Waals surface area contributed by atoms with E-state index in [2.05, 4.69) is 15.6 Å². The minimum absolute atomic E-state index is 0.0856. The summed E-state index contributed by atoms with van der Waals surface area (Å²) in [4.78, 5) is 32.0. The number of amides is 2. The van der Waals surface area contributed by atoms with Crippen LogP contribution in [-0.2, 0) is 22.7 Å². The largest absolute Gasteiger partial charge is 0.497 e. The minimum Gasteiger partial charge on any atom is -0.497 e. The number of aromatic nitrogens is 3. The summed E-state index contributed by atoms with van der Waals surface area (Å²) in [6.07, 6.45) is 0. The fraction of sp³-hybridized carbons (Fsp3) is 0.212. The molecule has 1 aromatic heterocycles. The Morgan fingerprint density at radius 2 is 1.67 bits per heavy atom. The van der Waals surface area contributed by atoms with Crippen molar-refractivity contribution in [3.8, 4) is 5.75 Å². The fourth-order valence-electron chi connectivity index (χ4n) is 4.89. The predicted molar refractivity (Wildman–Crippen MR) is 164 cm³/mol. The topological polar surface area (TPSA) is 92.6 Å². The normalized spacial score (nSPS) is 11.6. The number of fused-ring (bicyclic) bond motifs is 1. The maximum atomic E-state index is 14.2. The zero-order valence-corrected chi connectivity index (χ0v) is 24.2. The number of carbonyl (C=O) groups is 2. The van der Waals surface area contributed by atoms with E-state index < -0.39 is 6.04 Å².